The Balaban J connectivity index is 1.65. The topological polar surface area (TPSA) is 57.6 Å². The number of aliphatic carboxylic acids is 1. The second-order valence-corrected chi connectivity index (χ2v) is 6.89. The first-order valence-corrected chi connectivity index (χ1v) is 7.86. The maximum atomic E-state index is 13.8. The maximum absolute atomic E-state index is 13.8. The zero-order chi connectivity index (χ0) is 16.8. The number of carbonyl (C=O) groups excluding carboxylic acids is 1. The molecule has 23 heavy (non-hydrogen) atoms. The van der Waals surface area contributed by atoms with Crippen LogP contribution in [0.25, 0.3) is 0 Å². The minimum atomic E-state index is -0.924. The fourth-order valence-corrected chi connectivity index (χ4v) is 3.77. The number of hydrogen-bond acceptors (Lipinski definition) is 2. The molecule has 1 aromatic rings. The molecule has 0 radical (unpaired) electrons. The molecular formula is C16H16ClF2NO3. The number of rotatable bonds is 2. The summed E-state index contributed by atoms with van der Waals surface area (Å²) in [6, 6.07) is 1.63. The Bertz CT molecular complexity index is 664. The zero-order valence-electron chi connectivity index (χ0n) is 12.3. The molecule has 0 unspecified atom stereocenters. The summed E-state index contributed by atoms with van der Waals surface area (Å²) in [4.78, 5) is 24.8. The van der Waals surface area contributed by atoms with E-state index in [1.807, 2.05) is 0 Å². The van der Waals surface area contributed by atoms with Crippen LogP contribution in [0.5, 0.6) is 0 Å². The molecule has 0 bridgehead atoms. The molecule has 2 aliphatic rings. The van der Waals surface area contributed by atoms with E-state index in [1.54, 1.807) is 0 Å². The molecule has 4 nitrogen and oxygen atoms in total. The van der Waals surface area contributed by atoms with Gasteiger partial charge in [0.25, 0.3) is 5.91 Å². The standard InChI is InChI=1S/C16H16ClF2NO3/c17-11-5-10(12(18)6-13(11)19)14(21)20-3-1-16(2-4-20)7-9(8-16)15(22)23/h5-6,9H,1-4,7-8H2,(H,22,23). The van der Waals surface area contributed by atoms with Crippen molar-refractivity contribution in [1.82, 2.24) is 4.90 Å². The van der Waals surface area contributed by atoms with Crippen LogP contribution in [0, 0.1) is 23.0 Å². The molecule has 1 aliphatic heterocycles. The fraction of sp³-hybridized carbons (Fsp3) is 0.500. The predicted octanol–water partition coefficient (Wildman–Crippen LogP) is 3.34. The number of hydrogen-bond donors (Lipinski definition) is 1. The number of carboxylic acids is 1. The highest BCUT2D eigenvalue weighted by Gasteiger charge is 2.49. The van der Waals surface area contributed by atoms with Crippen molar-refractivity contribution < 1.29 is 23.5 Å². The average molecular weight is 344 g/mol. The van der Waals surface area contributed by atoms with Crippen LogP contribution in [0.3, 0.4) is 0 Å². The average Bonchev–Trinajstić information content (AvgIpc) is 2.48. The highest BCUT2D eigenvalue weighted by Crippen LogP contribution is 2.52. The molecule has 1 aliphatic carbocycles. The monoisotopic (exact) mass is 343 g/mol. The minimum absolute atomic E-state index is 0.00117. The molecule has 1 aromatic carbocycles. The fourth-order valence-electron chi connectivity index (χ4n) is 3.61. The summed E-state index contributed by atoms with van der Waals surface area (Å²) >= 11 is 5.62. The number of likely N-dealkylation sites (tertiary alicyclic amines) is 1. The molecule has 1 saturated carbocycles. The lowest BCUT2D eigenvalue weighted by atomic mass is 9.57. The van der Waals surface area contributed by atoms with E-state index in [2.05, 4.69) is 0 Å². The van der Waals surface area contributed by atoms with Crippen molar-refractivity contribution in [2.75, 3.05) is 13.1 Å². The number of carbonyl (C=O) groups is 2. The van der Waals surface area contributed by atoms with Gasteiger partial charge in [-0.3, -0.25) is 9.59 Å². The van der Waals surface area contributed by atoms with Crippen LogP contribution in [0.4, 0.5) is 8.78 Å². The van der Waals surface area contributed by atoms with Crippen LogP contribution in [0.2, 0.25) is 5.02 Å². The molecule has 1 heterocycles. The summed E-state index contributed by atoms with van der Waals surface area (Å²) in [7, 11) is 0. The normalized spacial score (nSPS) is 20.4. The van der Waals surface area contributed by atoms with Gasteiger partial charge in [0.2, 0.25) is 0 Å². The van der Waals surface area contributed by atoms with Crippen molar-refractivity contribution in [1.29, 1.82) is 0 Å². The number of benzene rings is 1. The van der Waals surface area contributed by atoms with Crippen LogP contribution < -0.4 is 0 Å². The van der Waals surface area contributed by atoms with Gasteiger partial charge in [0.15, 0.2) is 0 Å². The number of halogens is 3. The molecule has 7 heteroatoms. The molecular weight excluding hydrogens is 328 g/mol. The van der Waals surface area contributed by atoms with Gasteiger partial charge < -0.3 is 10.0 Å². The number of amides is 1. The van der Waals surface area contributed by atoms with Gasteiger partial charge in [0.1, 0.15) is 11.6 Å². The van der Waals surface area contributed by atoms with Gasteiger partial charge in [0, 0.05) is 19.2 Å². The Hall–Kier alpha value is -1.69. The van der Waals surface area contributed by atoms with Gasteiger partial charge in [0.05, 0.1) is 16.5 Å². The Kier molecular flexibility index (Phi) is 4.04. The summed E-state index contributed by atoms with van der Waals surface area (Å²) in [5.74, 6) is -3.38. The van der Waals surface area contributed by atoms with E-state index in [9.17, 15) is 18.4 Å². The van der Waals surface area contributed by atoms with Gasteiger partial charge in [-0.15, -0.1) is 0 Å². The first-order chi connectivity index (χ1) is 10.8. The van der Waals surface area contributed by atoms with Crippen molar-refractivity contribution in [2.45, 2.75) is 25.7 Å². The Morgan fingerprint density at radius 2 is 1.78 bits per heavy atom. The molecule has 124 valence electrons. The van der Waals surface area contributed by atoms with Crippen LogP contribution in [0.1, 0.15) is 36.0 Å². The molecule has 1 spiro atoms. The van der Waals surface area contributed by atoms with E-state index in [1.165, 1.54) is 4.90 Å². The molecule has 1 amide bonds. The largest absolute Gasteiger partial charge is 0.481 e. The third-order valence-electron chi connectivity index (χ3n) is 5.06. The summed E-state index contributed by atoms with van der Waals surface area (Å²) in [5.41, 5.74) is -0.233. The van der Waals surface area contributed by atoms with Crippen LogP contribution in [-0.4, -0.2) is 35.0 Å². The minimum Gasteiger partial charge on any atom is -0.481 e. The zero-order valence-corrected chi connectivity index (χ0v) is 13.1. The van der Waals surface area contributed by atoms with Crippen molar-refractivity contribution >= 4 is 23.5 Å². The molecule has 0 atom stereocenters. The third-order valence-corrected chi connectivity index (χ3v) is 5.35. The quantitative estimate of drug-likeness (QED) is 0.838. The summed E-state index contributed by atoms with van der Waals surface area (Å²) in [6.45, 7) is 0.888. The van der Waals surface area contributed by atoms with E-state index in [4.69, 9.17) is 16.7 Å². The molecule has 2 fully saturated rings. The SMILES string of the molecule is O=C(O)C1CC2(CCN(C(=O)c3cc(Cl)c(F)cc3F)CC2)C1. The smallest absolute Gasteiger partial charge is 0.306 e. The van der Waals surface area contributed by atoms with Crippen molar-refractivity contribution in [3.8, 4) is 0 Å². The third kappa shape index (κ3) is 2.92. The Morgan fingerprint density at radius 3 is 2.35 bits per heavy atom. The highest BCUT2D eigenvalue weighted by molar-refractivity contribution is 6.31. The van der Waals surface area contributed by atoms with Crippen LogP contribution in [-0.2, 0) is 4.79 Å². The van der Waals surface area contributed by atoms with E-state index in [0.717, 1.165) is 6.07 Å². The van der Waals surface area contributed by atoms with Crippen LogP contribution in [0.15, 0.2) is 12.1 Å². The Morgan fingerprint density at radius 1 is 1.17 bits per heavy atom. The molecule has 1 N–H and O–H groups in total. The van der Waals surface area contributed by atoms with Crippen molar-refractivity contribution in [3.05, 3.63) is 34.4 Å². The lowest BCUT2D eigenvalue weighted by Crippen LogP contribution is -2.50. The highest BCUT2D eigenvalue weighted by atomic mass is 35.5. The predicted molar refractivity (Wildman–Crippen MR) is 79.3 cm³/mol. The van der Waals surface area contributed by atoms with Gasteiger partial charge in [-0.25, -0.2) is 8.78 Å². The number of nitrogens with zero attached hydrogens (tertiary/aromatic N) is 1. The number of carboxylic acid groups (broad SMARTS) is 1. The van der Waals surface area contributed by atoms with Crippen LogP contribution >= 0.6 is 11.6 Å². The molecule has 0 aromatic heterocycles. The van der Waals surface area contributed by atoms with Gasteiger partial charge in [-0.1, -0.05) is 11.6 Å². The Labute approximate surface area is 137 Å². The maximum Gasteiger partial charge on any atom is 0.306 e. The second kappa shape index (κ2) is 5.74. The van der Waals surface area contributed by atoms with E-state index < -0.39 is 23.5 Å². The van der Waals surface area contributed by atoms with Crippen molar-refractivity contribution in [2.24, 2.45) is 11.3 Å². The summed E-state index contributed by atoms with van der Waals surface area (Å²) in [5, 5.41) is 8.68. The summed E-state index contributed by atoms with van der Waals surface area (Å²) < 4.78 is 27.0. The second-order valence-electron chi connectivity index (χ2n) is 6.48. The lowest BCUT2D eigenvalue weighted by molar-refractivity contribution is -0.152. The molecule has 3 rings (SSSR count). The van der Waals surface area contributed by atoms with E-state index in [0.29, 0.717) is 44.8 Å². The first kappa shape index (κ1) is 16.2. The van der Waals surface area contributed by atoms with Gasteiger partial charge in [-0.05, 0) is 37.2 Å². The number of piperidine rings is 1. The van der Waals surface area contributed by atoms with E-state index >= 15 is 0 Å². The first-order valence-electron chi connectivity index (χ1n) is 7.48. The summed E-state index contributed by atoms with van der Waals surface area (Å²) in [6.07, 6.45) is 2.69. The molecule has 1 saturated heterocycles. The van der Waals surface area contributed by atoms with Gasteiger partial charge in [-0.2, -0.15) is 0 Å². The van der Waals surface area contributed by atoms with Gasteiger partial charge >= 0.3 is 5.97 Å². The van der Waals surface area contributed by atoms with Crippen molar-refractivity contribution in [3.63, 3.8) is 0 Å². The lowest BCUT2D eigenvalue weighted by Gasteiger charge is -2.50. The van der Waals surface area contributed by atoms with E-state index in [-0.39, 0.29) is 21.9 Å².